The molecule has 134 valence electrons. The quantitative estimate of drug-likeness (QED) is 0.881. The zero-order valence-corrected chi connectivity index (χ0v) is 14.7. The second-order valence-corrected chi connectivity index (χ2v) is 7.06. The van der Waals surface area contributed by atoms with E-state index in [2.05, 4.69) is 24.8 Å². The minimum Gasteiger partial charge on any atom is -0.372 e. The lowest BCUT2D eigenvalue weighted by Gasteiger charge is -2.39. The number of rotatable bonds is 2. The van der Waals surface area contributed by atoms with Crippen molar-refractivity contribution in [1.82, 2.24) is 24.8 Å². The number of hydrogen-bond acceptors (Lipinski definition) is 6. The second-order valence-electron chi connectivity index (χ2n) is 7.06. The van der Waals surface area contributed by atoms with E-state index in [1.54, 1.807) is 12.7 Å². The van der Waals surface area contributed by atoms with Crippen molar-refractivity contribution in [2.75, 3.05) is 31.1 Å². The highest BCUT2D eigenvalue weighted by Crippen LogP contribution is 2.27. The summed E-state index contributed by atoms with van der Waals surface area (Å²) in [6.45, 7) is 7.09. The van der Waals surface area contributed by atoms with Gasteiger partial charge in [0.05, 0.1) is 18.5 Å². The predicted octanol–water partition coefficient (Wildman–Crippen LogP) is 1.21. The average molecular weight is 344 g/mol. The lowest BCUT2D eigenvalue weighted by Crippen LogP contribution is -2.51. The van der Waals surface area contributed by atoms with Gasteiger partial charge in [-0.15, -0.1) is 0 Å². The van der Waals surface area contributed by atoms with E-state index in [-0.39, 0.29) is 24.0 Å². The number of H-pyrrole nitrogens is 1. The van der Waals surface area contributed by atoms with Crippen LogP contribution in [0.15, 0.2) is 12.7 Å². The first kappa shape index (κ1) is 16.3. The molecular formula is C17H24N6O2. The molecule has 2 aliphatic heterocycles. The number of anilines is 1. The van der Waals surface area contributed by atoms with E-state index in [1.807, 2.05) is 18.7 Å². The van der Waals surface area contributed by atoms with Crippen LogP contribution in [0.5, 0.6) is 0 Å². The molecule has 25 heavy (non-hydrogen) atoms. The van der Waals surface area contributed by atoms with Gasteiger partial charge in [0.25, 0.3) is 0 Å². The maximum atomic E-state index is 12.9. The first-order valence-corrected chi connectivity index (χ1v) is 8.95. The number of carbonyl (C=O) groups is 1. The molecule has 0 saturated carbocycles. The smallest absolute Gasteiger partial charge is 0.225 e. The number of nitrogens with one attached hydrogen (secondary N) is 1. The van der Waals surface area contributed by atoms with Crippen molar-refractivity contribution in [2.45, 2.75) is 38.9 Å². The SMILES string of the molecule is C[C@H]1CN(C(=O)C2CCN(c3ncnc4nc[nH]c34)CC2)C[C@H](C)O1. The van der Waals surface area contributed by atoms with Gasteiger partial charge in [-0.2, -0.15) is 0 Å². The second kappa shape index (κ2) is 6.59. The summed E-state index contributed by atoms with van der Waals surface area (Å²) in [5, 5.41) is 0. The average Bonchev–Trinajstić information content (AvgIpc) is 3.09. The van der Waals surface area contributed by atoms with Crippen LogP contribution in [0.4, 0.5) is 5.82 Å². The van der Waals surface area contributed by atoms with Crippen molar-refractivity contribution in [3.8, 4) is 0 Å². The van der Waals surface area contributed by atoms with E-state index < -0.39 is 0 Å². The maximum Gasteiger partial charge on any atom is 0.225 e. The third-order valence-corrected chi connectivity index (χ3v) is 5.08. The molecule has 0 spiro atoms. The monoisotopic (exact) mass is 344 g/mol. The Kier molecular flexibility index (Phi) is 4.29. The fourth-order valence-corrected chi connectivity index (χ4v) is 3.95. The Labute approximate surface area is 146 Å². The lowest BCUT2D eigenvalue weighted by atomic mass is 9.94. The van der Waals surface area contributed by atoms with Gasteiger partial charge in [-0.25, -0.2) is 15.0 Å². The van der Waals surface area contributed by atoms with Crippen molar-refractivity contribution in [1.29, 1.82) is 0 Å². The van der Waals surface area contributed by atoms with Crippen LogP contribution in [0.1, 0.15) is 26.7 Å². The first-order chi connectivity index (χ1) is 12.1. The van der Waals surface area contributed by atoms with Crippen LogP contribution >= 0.6 is 0 Å². The van der Waals surface area contributed by atoms with Crippen molar-refractivity contribution in [2.24, 2.45) is 5.92 Å². The van der Waals surface area contributed by atoms with E-state index in [1.165, 1.54) is 0 Å². The Morgan fingerprint density at radius 3 is 2.60 bits per heavy atom. The Hall–Kier alpha value is -2.22. The zero-order valence-electron chi connectivity index (χ0n) is 14.7. The van der Waals surface area contributed by atoms with Gasteiger partial charge < -0.3 is 19.5 Å². The molecule has 4 heterocycles. The standard InChI is InChI=1S/C17H24N6O2/c1-11-7-23(8-12(2)25-11)17(24)13-3-5-22(6-4-13)16-14-15(19-9-18-14)20-10-21-16/h9-13H,3-8H2,1-2H3,(H,18,19,20,21)/t11-,12-/m0/s1. The zero-order chi connectivity index (χ0) is 17.4. The molecule has 8 nitrogen and oxygen atoms in total. The van der Waals surface area contributed by atoms with Gasteiger partial charge in [-0.1, -0.05) is 0 Å². The number of imidazole rings is 1. The highest BCUT2D eigenvalue weighted by Gasteiger charge is 2.33. The molecule has 0 unspecified atom stereocenters. The molecule has 2 saturated heterocycles. The van der Waals surface area contributed by atoms with Gasteiger partial charge in [-0.3, -0.25) is 4.79 Å². The van der Waals surface area contributed by atoms with E-state index in [0.717, 1.165) is 37.3 Å². The molecule has 0 aliphatic carbocycles. The van der Waals surface area contributed by atoms with Gasteiger partial charge in [0.15, 0.2) is 11.5 Å². The molecule has 2 atom stereocenters. The molecule has 2 aromatic heterocycles. The third kappa shape index (κ3) is 3.18. The van der Waals surface area contributed by atoms with Crippen LogP contribution in [0, 0.1) is 5.92 Å². The molecule has 0 radical (unpaired) electrons. The molecule has 2 aliphatic rings. The molecule has 2 aromatic rings. The van der Waals surface area contributed by atoms with Crippen molar-refractivity contribution in [3.63, 3.8) is 0 Å². The van der Waals surface area contributed by atoms with Crippen molar-refractivity contribution < 1.29 is 9.53 Å². The van der Waals surface area contributed by atoms with E-state index >= 15 is 0 Å². The number of hydrogen-bond donors (Lipinski definition) is 1. The van der Waals surface area contributed by atoms with E-state index in [9.17, 15) is 4.79 Å². The fourth-order valence-electron chi connectivity index (χ4n) is 3.95. The lowest BCUT2D eigenvalue weighted by molar-refractivity contribution is -0.148. The van der Waals surface area contributed by atoms with Crippen molar-refractivity contribution >= 4 is 22.9 Å². The van der Waals surface area contributed by atoms with Crippen LogP contribution in [0.2, 0.25) is 0 Å². The van der Waals surface area contributed by atoms with Crippen LogP contribution in [0.25, 0.3) is 11.2 Å². The number of nitrogens with zero attached hydrogens (tertiary/aromatic N) is 5. The number of fused-ring (bicyclic) bond motifs is 1. The van der Waals surface area contributed by atoms with Gasteiger partial charge in [-0.05, 0) is 26.7 Å². The van der Waals surface area contributed by atoms with Gasteiger partial charge in [0, 0.05) is 32.1 Å². The maximum absolute atomic E-state index is 12.9. The summed E-state index contributed by atoms with van der Waals surface area (Å²) in [6.07, 6.45) is 5.11. The van der Waals surface area contributed by atoms with Crippen LogP contribution in [-0.4, -0.2) is 69.1 Å². The molecule has 4 rings (SSSR count). The summed E-state index contributed by atoms with van der Waals surface area (Å²) in [6, 6.07) is 0. The summed E-state index contributed by atoms with van der Waals surface area (Å²) in [7, 11) is 0. The summed E-state index contributed by atoms with van der Waals surface area (Å²) >= 11 is 0. The highest BCUT2D eigenvalue weighted by molar-refractivity contribution is 5.83. The number of morpholine rings is 1. The van der Waals surface area contributed by atoms with Crippen LogP contribution in [-0.2, 0) is 9.53 Å². The summed E-state index contributed by atoms with van der Waals surface area (Å²) in [5.41, 5.74) is 1.54. The molecule has 2 fully saturated rings. The Morgan fingerprint density at radius 1 is 1.16 bits per heavy atom. The molecule has 8 heteroatoms. The number of aromatic nitrogens is 4. The third-order valence-electron chi connectivity index (χ3n) is 5.08. The number of amides is 1. The number of aromatic amines is 1. The largest absolute Gasteiger partial charge is 0.372 e. The summed E-state index contributed by atoms with van der Waals surface area (Å²) in [4.78, 5) is 32.9. The normalized spacial score (nSPS) is 25.5. The fraction of sp³-hybridized carbons (Fsp3) is 0.647. The van der Waals surface area contributed by atoms with Gasteiger partial charge >= 0.3 is 0 Å². The van der Waals surface area contributed by atoms with Crippen molar-refractivity contribution in [3.05, 3.63) is 12.7 Å². The number of carbonyl (C=O) groups excluding carboxylic acids is 1. The minimum atomic E-state index is 0.0906. The molecular weight excluding hydrogens is 320 g/mol. The van der Waals surface area contributed by atoms with Gasteiger partial charge in [0.2, 0.25) is 5.91 Å². The molecule has 1 N–H and O–H groups in total. The summed E-state index contributed by atoms with van der Waals surface area (Å²) in [5.74, 6) is 1.24. The number of ether oxygens (including phenoxy) is 1. The van der Waals surface area contributed by atoms with Gasteiger partial charge in [0.1, 0.15) is 11.8 Å². The molecule has 0 bridgehead atoms. The van der Waals surface area contributed by atoms with E-state index in [4.69, 9.17) is 4.74 Å². The Morgan fingerprint density at radius 2 is 1.88 bits per heavy atom. The number of piperidine rings is 1. The molecule has 1 amide bonds. The highest BCUT2D eigenvalue weighted by atomic mass is 16.5. The first-order valence-electron chi connectivity index (χ1n) is 8.95. The summed E-state index contributed by atoms with van der Waals surface area (Å²) < 4.78 is 5.74. The van der Waals surface area contributed by atoms with E-state index in [0.29, 0.717) is 18.7 Å². The minimum absolute atomic E-state index is 0.0906. The predicted molar refractivity (Wildman–Crippen MR) is 93.2 cm³/mol. The molecule has 0 aromatic carbocycles. The topological polar surface area (TPSA) is 87.2 Å². The van der Waals surface area contributed by atoms with Crippen LogP contribution < -0.4 is 4.90 Å². The Balaban J connectivity index is 1.41. The van der Waals surface area contributed by atoms with Crippen LogP contribution in [0.3, 0.4) is 0 Å². The Bertz CT molecular complexity index is 744.